The highest BCUT2D eigenvalue weighted by Crippen LogP contribution is 2.19. The maximum Gasteiger partial charge on any atom is 0.314 e. The predicted molar refractivity (Wildman–Crippen MR) is 84.3 cm³/mol. The molecule has 0 saturated carbocycles. The molecule has 0 aliphatic heterocycles. The number of carboxylic acid groups (broad SMARTS) is 1. The molecule has 1 rings (SSSR count). The van der Waals surface area contributed by atoms with Crippen LogP contribution >= 0.6 is 0 Å². The van der Waals surface area contributed by atoms with Crippen molar-refractivity contribution in [2.24, 2.45) is 0 Å². The highest BCUT2D eigenvalue weighted by molar-refractivity contribution is 5.74. The molecule has 1 unspecified atom stereocenters. The predicted octanol–water partition coefficient (Wildman–Crippen LogP) is 2.35. The number of urea groups is 1. The Labute approximate surface area is 130 Å². The second kappa shape index (κ2) is 8.92. The molecule has 0 aliphatic carbocycles. The Bertz CT molecular complexity index is 485. The maximum atomic E-state index is 11.4. The van der Waals surface area contributed by atoms with Crippen molar-refractivity contribution in [3.63, 3.8) is 0 Å². The quantitative estimate of drug-likeness (QED) is 0.688. The van der Waals surface area contributed by atoms with E-state index in [0.717, 1.165) is 5.75 Å². The summed E-state index contributed by atoms with van der Waals surface area (Å²) in [5, 5.41) is 13.6. The highest BCUT2D eigenvalue weighted by atomic mass is 16.5. The van der Waals surface area contributed by atoms with Crippen molar-refractivity contribution in [1.82, 2.24) is 10.6 Å². The van der Waals surface area contributed by atoms with Gasteiger partial charge < -0.3 is 20.5 Å². The average Bonchev–Trinajstić information content (AvgIpc) is 2.45. The number of aliphatic carboxylic acids is 1. The summed E-state index contributed by atoms with van der Waals surface area (Å²) in [6.07, 6.45) is -0.281. The molecule has 0 heterocycles. The van der Waals surface area contributed by atoms with Crippen LogP contribution in [0, 0.1) is 0 Å². The topological polar surface area (TPSA) is 87.7 Å². The first-order chi connectivity index (χ1) is 10.4. The molecule has 1 aromatic carbocycles. The molecule has 0 fully saturated rings. The third-order valence-corrected chi connectivity index (χ3v) is 3.06. The smallest absolute Gasteiger partial charge is 0.314 e. The van der Waals surface area contributed by atoms with Gasteiger partial charge in [0.1, 0.15) is 11.9 Å². The first kappa shape index (κ1) is 17.8. The van der Waals surface area contributed by atoms with Crippen molar-refractivity contribution in [3.05, 3.63) is 29.8 Å². The zero-order chi connectivity index (χ0) is 16.5. The largest absolute Gasteiger partial charge is 0.489 e. The normalized spacial score (nSPS) is 11.8. The molecular weight excluding hydrogens is 284 g/mol. The van der Waals surface area contributed by atoms with E-state index < -0.39 is 12.0 Å². The third-order valence-electron chi connectivity index (χ3n) is 3.06. The fourth-order valence-electron chi connectivity index (χ4n) is 1.79. The molecule has 2 amide bonds. The van der Waals surface area contributed by atoms with Gasteiger partial charge in [-0.05, 0) is 30.5 Å². The summed E-state index contributed by atoms with van der Waals surface area (Å²) in [5.74, 6) is 0.287. The fraction of sp³-hybridized carbons (Fsp3) is 0.500. The van der Waals surface area contributed by atoms with Crippen molar-refractivity contribution >= 4 is 12.0 Å². The fourth-order valence-corrected chi connectivity index (χ4v) is 1.79. The van der Waals surface area contributed by atoms with Crippen molar-refractivity contribution in [2.45, 2.75) is 39.2 Å². The molecule has 22 heavy (non-hydrogen) atoms. The molecule has 6 heteroatoms. The van der Waals surface area contributed by atoms with Crippen molar-refractivity contribution < 1.29 is 19.4 Å². The van der Waals surface area contributed by atoms with Crippen LogP contribution in [-0.4, -0.2) is 36.3 Å². The number of hydrogen-bond acceptors (Lipinski definition) is 3. The first-order valence-electron chi connectivity index (χ1n) is 7.38. The van der Waals surface area contributed by atoms with E-state index in [1.54, 1.807) is 0 Å². The lowest BCUT2D eigenvalue weighted by atomic mass is 10.0. The van der Waals surface area contributed by atoms with Crippen LogP contribution in [0.1, 0.15) is 38.7 Å². The molecule has 0 spiro atoms. The van der Waals surface area contributed by atoms with E-state index >= 15 is 0 Å². The number of benzene rings is 1. The molecule has 3 N–H and O–H groups in total. The molecule has 0 aromatic heterocycles. The number of ether oxygens (including phenoxy) is 1. The lowest BCUT2D eigenvalue weighted by Crippen LogP contribution is -2.41. The monoisotopic (exact) mass is 308 g/mol. The van der Waals surface area contributed by atoms with Gasteiger partial charge in [0, 0.05) is 6.54 Å². The van der Waals surface area contributed by atoms with Gasteiger partial charge in [-0.1, -0.05) is 26.0 Å². The van der Waals surface area contributed by atoms with E-state index in [2.05, 4.69) is 24.5 Å². The van der Waals surface area contributed by atoms with E-state index in [1.165, 1.54) is 5.56 Å². The van der Waals surface area contributed by atoms with E-state index in [1.807, 2.05) is 31.2 Å². The Balaban J connectivity index is 2.29. The van der Waals surface area contributed by atoms with Gasteiger partial charge >= 0.3 is 12.0 Å². The minimum absolute atomic E-state index is 0.0956. The summed E-state index contributed by atoms with van der Waals surface area (Å²) in [7, 11) is 0. The SMILES string of the molecule is CC(CNC(=O)NCCC(=O)O)Oc1ccc(C(C)C)cc1. The minimum Gasteiger partial charge on any atom is -0.489 e. The van der Waals surface area contributed by atoms with Crippen LogP contribution in [0.4, 0.5) is 4.79 Å². The molecule has 0 saturated heterocycles. The standard InChI is InChI=1S/C16H24N2O4/c1-11(2)13-4-6-14(7-5-13)22-12(3)10-18-16(21)17-9-8-15(19)20/h4-7,11-12H,8-10H2,1-3H3,(H,19,20)(H2,17,18,21). The van der Waals surface area contributed by atoms with Crippen LogP contribution in [0.15, 0.2) is 24.3 Å². The van der Waals surface area contributed by atoms with Crippen LogP contribution in [0.25, 0.3) is 0 Å². The second-order valence-corrected chi connectivity index (χ2v) is 5.43. The third kappa shape index (κ3) is 6.97. The van der Waals surface area contributed by atoms with Gasteiger partial charge in [-0.25, -0.2) is 4.79 Å². The summed E-state index contributed by atoms with van der Waals surface area (Å²) in [5.41, 5.74) is 1.25. The van der Waals surface area contributed by atoms with E-state index in [-0.39, 0.29) is 19.1 Å². The molecule has 0 aliphatic rings. The van der Waals surface area contributed by atoms with E-state index in [9.17, 15) is 9.59 Å². The maximum absolute atomic E-state index is 11.4. The molecule has 1 atom stereocenters. The summed E-state index contributed by atoms with van der Waals surface area (Å²) in [4.78, 5) is 21.8. The van der Waals surface area contributed by atoms with Gasteiger partial charge in [0.2, 0.25) is 0 Å². The van der Waals surface area contributed by atoms with Crippen LogP contribution in [0.2, 0.25) is 0 Å². The Morgan fingerprint density at radius 3 is 2.32 bits per heavy atom. The number of nitrogens with one attached hydrogen (secondary N) is 2. The minimum atomic E-state index is -0.943. The van der Waals surface area contributed by atoms with Crippen molar-refractivity contribution in [1.29, 1.82) is 0 Å². The zero-order valence-electron chi connectivity index (χ0n) is 13.3. The van der Waals surface area contributed by atoms with Crippen molar-refractivity contribution in [2.75, 3.05) is 13.1 Å². The number of carbonyl (C=O) groups excluding carboxylic acids is 1. The molecule has 6 nitrogen and oxygen atoms in total. The van der Waals surface area contributed by atoms with Gasteiger partial charge in [0.15, 0.2) is 0 Å². The van der Waals surface area contributed by atoms with Gasteiger partial charge in [-0.2, -0.15) is 0 Å². The highest BCUT2D eigenvalue weighted by Gasteiger charge is 2.08. The Hall–Kier alpha value is -2.24. The van der Waals surface area contributed by atoms with Gasteiger partial charge in [0.25, 0.3) is 0 Å². The van der Waals surface area contributed by atoms with E-state index in [0.29, 0.717) is 12.5 Å². The van der Waals surface area contributed by atoms with Crippen LogP contribution in [-0.2, 0) is 4.79 Å². The number of rotatable bonds is 8. The van der Waals surface area contributed by atoms with Crippen LogP contribution in [0.5, 0.6) is 5.75 Å². The number of carbonyl (C=O) groups is 2. The number of amides is 2. The summed E-state index contributed by atoms with van der Waals surface area (Å²) >= 11 is 0. The molecule has 122 valence electrons. The van der Waals surface area contributed by atoms with Gasteiger partial charge in [-0.3, -0.25) is 4.79 Å². The Morgan fingerprint density at radius 2 is 1.77 bits per heavy atom. The van der Waals surface area contributed by atoms with Crippen molar-refractivity contribution in [3.8, 4) is 5.75 Å². The second-order valence-electron chi connectivity index (χ2n) is 5.43. The molecule has 1 aromatic rings. The van der Waals surface area contributed by atoms with E-state index in [4.69, 9.17) is 9.84 Å². The Morgan fingerprint density at radius 1 is 1.14 bits per heavy atom. The molecule has 0 radical (unpaired) electrons. The summed E-state index contributed by atoms with van der Waals surface area (Å²) < 4.78 is 5.71. The van der Waals surface area contributed by atoms with Crippen LogP contribution in [0.3, 0.4) is 0 Å². The summed E-state index contributed by atoms with van der Waals surface area (Å²) in [6, 6.07) is 7.49. The van der Waals surface area contributed by atoms with Gasteiger partial charge in [-0.15, -0.1) is 0 Å². The molecule has 0 bridgehead atoms. The lowest BCUT2D eigenvalue weighted by molar-refractivity contribution is -0.136. The summed E-state index contributed by atoms with van der Waals surface area (Å²) in [6.45, 7) is 6.56. The molecular formula is C16H24N2O4. The number of hydrogen-bond donors (Lipinski definition) is 3. The first-order valence-corrected chi connectivity index (χ1v) is 7.38. The van der Waals surface area contributed by atoms with Gasteiger partial charge in [0.05, 0.1) is 13.0 Å². The van der Waals surface area contributed by atoms with Crippen LogP contribution < -0.4 is 15.4 Å². The lowest BCUT2D eigenvalue weighted by Gasteiger charge is -2.16. The zero-order valence-corrected chi connectivity index (χ0v) is 13.3. The number of carboxylic acids is 1. The average molecular weight is 308 g/mol. The Kier molecular flexibility index (Phi) is 7.22.